The molecule has 3 heteroatoms. The highest BCUT2D eigenvalue weighted by molar-refractivity contribution is 5.39. The van der Waals surface area contributed by atoms with Gasteiger partial charge in [0.1, 0.15) is 5.75 Å². The smallest absolute Gasteiger partial charge is 0.122 e. The van der Waals surface area contributed by atoms with Gasteiger partial charge >= 0.3 is 0 Å². The molecule has 3 nitrogen and oxygen atoms in total. The van der Waals surface area contributed by atoms with Crippen molar-refractivity contribution in [3.63, 3.8) is 0 Å². The minimum absolute atomic E-state index is 0.0684. The first-order valence-electron chi connectivity index (χ1n) is 6.43. The van der Waals surface area contributed by atoms with Crippen LogP contribution in [0.4, 0.5) is 0 Å². The van der Waals surface area contributed by atoms with E-state index in [0.29, 0.717) is 5.92 Å². The van der Waals surface area contributed by atoms with Gasteiger partial charge in [0.25, 0.3) is 0 Å². The second-order valence-electron chi connectivity index (χ2n) is 5.43. The Balaban J connectivity index is 1.62. The fourth-order valence-electron chi connectivity index (χ4n) is 2.89. The average molecular weight is 232 g/mol. The SMILES string of the molecule is CCC1(N)CN(CC2COc3ccccc32)C1. The molecule has 3 rings (SSSR count). The Bertz CT molecular complexity index is 412. The number of hydrogen-bond acceptors (Lipinski definition) is 3. The summed E-state index contributed by atoms with van der Waals surface area (Å²) in [4.78, 5) is 2.44. The van der Waals surface area contributed by atoms with Crippen LogP contribution in [0.5, 0.6) is 5.75 Å². The third kappa shape index (κ3) is 1.94. The molecule has 2 N–H and O–H groups in total. The van der Waals surface area contributed by atoms with E-state index < -0.39 is 0 Å². The number of benzene rings is 1. The van der Waals surface area contributed by atoms with Gasteiger partial charge in [0.2, 0.25) is 0 Å². The Kier molecular flexibility index (Phi) is 2.60. The van der Waals surface area contributed by atoms with Gasteiger partial charge in [-0.2, -0.15) is 0 Å². The van der Waals surface area contributed by atoms with Crippen LogP contribution in [0.1, 0.15) is 24.8 Å². The van der Waals surface area contributed by atoms with Crippen molar-refractivity contribution in [3.8, 4) is 5.75 Å². The van der Waals surface area contributed by atoms with Gasteiger partial charge in [-0.1, -0.05) is 25.1 Å². The zero-order chi connectivity index (χ0) is 11.9. The highest BCUT2D eigenvalue weighted by Crippen LogP contribution is 2.35. The lowest BCUT2D eigenvalue weighted by Gasteiger charge is -2.48. The summed E-state index contributed by atoms with van der Waals surface area (Å²) >= 11 is 0. The van der Waals surface area contributed by atoms with Gasteiger partial charge in [-0.05, 0) is 12.5 Å². The van der Waals surface area contributed by atoms with Crippen molar-refractivity contribution >= 4 is 0 Å². The largest absolute Gasteiger partial charge is 0.493 e. The molecule has 2 heterocycles. The van der Waals surface area contributed by atoms with E-state index in [2.05, 4.69) is 30.0 Å². The van der Waals surface area contributed by atoms with Gasteiger partial charge in [0.05, 0.1) is 6.61 Å². The minimum atomic E-state index is 0.0684. The van der Waals surface area contributed by atoms with Crippen LogP contribution in [0.2, 0.25) is 0 Å². The molecule has 1 aromatic carbocycles. The third-order valence-corrected chi connectivity index (χ3v) is 4.06. The van der Waals surface area contributed by atoms with Gasteiger partial charge < -0.3 is 10.5 Å². The molecule has 0 radical (unpaired) electrons. The van der Waals surface area contributed by atoms with Crippen LogP contribution in [0.3, 0.4) is 0 Å². The van der Waals surface area contributed by atoms with Crippen molar-refractivity contribution in [2.75, 3.05) is 26.2 Å². The number of nitrogens with zero attached hydrogens (tertiary/aromatic N) is 1. The number of ether oxygens (including phenoxy) is 1. The molecular weight excluding hydrogens is 212 g/mol. The van der Waals surface area contributed by atoms with E-state index in [1.807, 2.05) is 6.07 Å². The fourth-order valence-corrected chi connectivity index (χ4v) is 2.89. The van der Waals surface area contributed by atoms with Gasteiger partial charge in [-0.25, -0.2) is 0 Å². The molecule has 0 aliphatic carbocycles. The summed E-state index contributed by atoms with van der Waals surface area (Å²) in [7, 11) is 0. The number of nitrogens with two attached hydrogens (primary N) is 1. The summed E-state index contributed by atoms with van der Waals surface area (Å²) in [5.74, 6) is 1.58. The van der Waals surface area contributed by atoms with Gasteiger partial charge in [-0.3, -0.25) is 4.90 Å². The molecule has 92 valence electrons. The summed E-state index contributed by atoms with van der Waals surface area (Å²) in [6, 6.07) is 8.37. The Hall–Kier alpha value is -1.06. The first-order valence-corrected chi connectivity index (χ1v) is 6.43. The second kappa shape index (κ2) is 4.00. The van der Waals surface area contributed by atoms with Gasteiger partial charge in [0, 0.05) is 36.7 Å². The standard InChI is InChI=1S/C14H20N2O/c1-2-14(15)9-16(10-14)7-11-8-17-13-6-4-3-5-12(11)13/h3-6,11H,2,7-10,15H2,1H3. The zero-order valence-electron chi connectivity index (χ0n) is 10.4. The van der Waals surface area contributed by atoms with Gasteiger partial charge in [-0.15, -0.1) is 0 Å². The molecule has 0 amide bonds. The number of para-hydroxylation sites is 1. The normalized spacial score (nSPS) is 26.1. The quantitative estimate of drug-likeness (QED) is 0.860. The average Bonchev–Trinajstić information content (AvgIpc) is 2.71. The van der Waals surface area contributed by atoms with Crippen LogP contribution in [0.25, 0.3) is 0 Å². The van der Waals surface area contributed by atoms with Crippen molar-refractivity contribution in [3.05, 3.63) is 29.8 Å². The van der Waals surface area contributed by atoms with Crippen molar-refractivity contribution in [1.29, 1.82) is 0 Å². The zero-order valence-corrected chi connectivity index (χ0v) is 10.4. The highest BCUT2D eigenvalue weighted by atomic mass is 16.5. The first kappa shape index (κ1) is 11.1. The lowest BCUT2D eigenvalue weighted by Crippen LogP contribution is -2.67. The van der Waals surface area contributed by atoms with Crippen LogP contribution in [0, 0.1) is 0 Å². The van der Waals surface area contributed by atoms with Gasteiger partial charge in [0.15, 0.2) is 0 Å². The lowest BCUT2D eigenvalue weighted by atomic mass is 9.87. The minimum Gasteiger partial charge on any atom is -0.493 e. The highest BCUT2D eigenvalue weighted by Gasteiger charge is 2.39. The van der Waals surface area contributed by atoms with E-state index in [1.54, 1.807) is 0 Å². The Morgan fingerprint density at radius 3 is 2.94 bits per heavy atom. The van der Waals surface area contributed by atoms with E-state index in [4.69, 9.17) is 10.5 Å². The molecule has 0 bridgehead atoms. The molecule has 0 saturated carbocycles. The Morgan fingerprint density at radius 2 is 2.18 bits per heavy atom. The maximum atomic E-state index is 6.19. The van der Waals surface area contributed by atoms with Crippen LogP contribution < -0.4 is 10.5 Å². The summed E-state index contributed by atoms with van der Waals surface area (Å²) in [6.07, 6.45) is 1.07. The van der Waals surface area contributed by atoms with Crippen LogP contribution in [0.15, 0.2) is 24.3 Å². The second-order valence-corrected chi connectivity index (χ2v) is 5.43. The van der Waals surface area contributed by atoms with Crippen LogP contribution in [-0.4, -0.2) is 36.7 Å². The third-order valence-electron chi connectivity index (χ3n) is 4.06. The Labute approximate surface area is 103 Å². The predicted octanol–water partition coefficient (Wildman–Crippen LogP) is 1.59. The van der Waals surface area contributed by atoms with E-state index >= 15 is 0 Å². The summed E-state index contributed by atoms with van der Waals surface area (Å²) in [6.45, 7) is 6.13. The van der Waals surface area contributed by atoms with Crippen LogP contribution >= 0.6 is 0 Å². The van der Waals surface area contributed by atoms with Crippen LogP contribution in [-0.2, 0) is 0 Å². The molecule has 1 fully saturated rings. The topological polar surface area (TPSA) is 38.5 Å². The number of likely N-dealkylation sites (tertiary alicyclic amines) is 1. The lowest BCUT2D eigenvalue weighted by molar-refractivity contribution is 0.0594. The fraction of sp³-hybridized carbons (Fsp3) is 0.571. The maximum Gasteiger partial charge on any atom is 0.122 e. The number of fused-ring (bicyclic) bond motifs is 1. The summed E-state index contributed by atoms with van der Waals surface area (Å²) < 4.78 is 5.70. The molecule has 1 saturated heterocycles. The molecule has 0 aromatic heterocycles. The molecule has 1 atom stereocenters. The molecule has 1 aromatic rings. The number of hydrogen-bond donors (Lipinski definition) is 1. The molecule has 2 aliphatic heterocycles. The molecule has 17 heavy (non-hydrogen) atoms. The molecule has 0 spiro atoms. The monoisotopic (exact) mass is 232 g/mol. The summed E-state index contributed by atoms with van der Waals surface area (Å²) in [5, 5.41) is 0. The summed E-state index contributed by atoms with van der Waals surface area (Å²) in [5.41, 5.74) is 7.62. The van der Waals surface area contributed by atoms with Crippen molar-refractivity contribution in [2.45, 2.75) is 24.8 Å². The van der Waals surface area contributed by atoms with E-state index in [0.717, 1.165) is 38.4 Å². The molecular formula is C14H20N2O. The number of rotatable bonds is 3. The van der Waals surface area contributed by atoms with E-state index in [-0.39, 0.29) is 5.54 Å². The van der Waals surface area contributed by atoms with E-state index in [9.17, 15) is 0 Å². The van der Waals surface area contributed by atoms with E-state index in [1.165, 1.54) is 5.56 Å². The predicted molar refractivity (Wildman–Crippen MR) is 68.3 cm³/mol. The first-order chi connectivity index (χ1) is 8.20. The van der Waals surface area contributed by atoms with Crippen molar-refractivity contribution in [1.82, 2.24) is 4.90 Å². The van der Waals surface area contributed by atoms with Crippen molar-refractivity contribution < 1.29 is 4.74 Å². The Morgan fingerprint density at radius 1 is 1.41 bits per heavy atom. The molecule has 2 aliphatic rings. The van der Waals surface area contributed by atoms with Crippen molar-refractivity contribution in [2.24, 2.45) is 5.73 Å². The molecule has 1 unspecified atom stereocenters. The maximum absolute atomic E-state index is 6.19.